The van der Waals surface area contributed by atoms with Gasteiger partial charge in [-0.2, -0.15) is 0 Å². The third-order valence-corrected chi connectivity index (χ3v) is 15.4. The molecule has 2 N–H and O–H groups in total. The highest BCUT2D eigenvalue weighted by Crippen LogP contribution is 2.57. The Morgan fingerprint density at radius 1 is 0.750 bits per heavy atom. The molecule has 0 amide bonds. The second kappa shape index (κ2) is 7.93. The Morgan fingerprint density at radius 3 is 1.17 bits per heavy atom. The van der Waals surface area contributed by atoms with Gasteiger partial charge in [-0.1, -0.05) is 77.8 Å². The molecule has 144 valence electrons. The zero-order chi connectivity index (χ0) is 18.8. The van der Waals surface area contributed by atoms with E-state index < -0.39 is 16.1 Å². The van der Waals surface area contributed by atoms with E-state index in [1.54, 1.807) is 0 Å². The maximum absolute atomic E-state index is 9.76. The van der Waals surface area contributed by atoms with E-state index in [-0.39, 0.29) is 11.2 Å². The van der Waals surface area contributed by atoms with E-state index in [9.17, 15) is 10.2 Å². The van der Waals surface area contributed by atoms with Crippen molar-refractivity contribution in [2.75, 3.05) is 0 Å². The molecule has 2 rings (SSSR count). The molecule has 4 atom stereocenters. The number of aliphatic hydroxyl groups is 2. The minimum absolute atomic E-state index is 0.288. The summed E-state index contributed by atoms with van der Waals surface area (Å²) in [4.78, 5) is 0. The van der Waals surface area contributed by atoms with Gasteiger partial charge in [-0.25, -0.2) is 0 Å². The molecule has 0 radical (unpaired) electrons. The second-order valence-electron chi connectivity index (χ2n) is 10.4. The molecular weight excluding hydrogens is 328 g/mol. The van der Waals surface area contributed by atoms with Gasteiger partial charge in [0.1, 0.15) is 0 Å². The van der Waals surface area contributed by atoms with Crippen molar-refractivity contribution in [2.24, 2.45) is 0 Å². The molecule has 2 aliphatic carbocycles. The number of rotatable bonds is 8. The van der Waals surface area contributed by atoms with E-state index in [4.69, 9.17) is 0 Å². The monoisotopic (exact) mass is 372 g/mol. The van der Waals surface area contributed by atoms with Crippen LogP contribution in [0.5, 0.6) is 0 Å². The van der Waals surface area contributed by atoms with E-state index in [1.165, 1.54) is 37.8 Å². The van der Waals surface area contributed by atoms with Gasteiger partial charge in [-0.05, 0) is 37.8 Å². The smallest absolute Gasteiger partial charge is 0.0626 e. The lowest BCUT2D eigenvalue weighted by atomic mass is 10.4. The van der Waals surface area contributed by atoms with Crippen LogP contribution in [0.3, 0.4) is 0 Å². The lowest BCUT2D eigenvalue weighted by molar-refractivity contribution is 0.170. The Balaban J connectivity index is 0.000000240. The molecule has 4 heteroatoms. The summed E-state index contributed by atoms with van der Waals surface area (Å²) < 4.78 is 0. The van der Waals surface area contributed by atoms with Crippen LogP contribution in [0.2, 0.25) is 49.4 Å². The van der Waals surface area contributed by atoms with Gasteiger partial charge in [-0.15, -0.1) is 0 Å². The van der Waals surface area contributed by atoms with Crippen LogP contribution in [-0.4, -0.2) is 37.6 Å². The molecule has 0 bridgehead atoms. The molecule has 2 nitrogen and oxygen atoms in total. The van der Waals surface area contributed by atoms with E-state index in [0.717, 1.165) is 12.8 Å². The molecule has 0 aliphatic heterocycles. The highest BCUT2D eigenvalue weighted by molar-refractivity contribution is 6.80. The van der Waals surface area contributed by atoms with Gasteiger partial charge < -0.3 is 10.2 Å². The van der Waals surface area contributed by atoms with Crippen LogP contribution in [0.25, 0.3) is 0 Å². The predicted octanol–water partition coefficient (Wildman–Crippen LogP) is 6.04. The highest BCUT2D eigenvalue weighted by atomic mass is 28.3. The lowest BCUT2D eigenvalue weighted by Gasteiger charge is -2.23. The minimum atomic E-state index is -1.08. The summed E-state index contributed by atoms with van der Waals surface area (Å²) >= 11 is 0. The number of unbranched alkanes of at least 4 members (excludes halogenated alkanes) is 2. The molecule has 2 saturated carbocycles. The SMILES string of the molecule is CCCC[Si](C)(C)C1CC1(C)O.CCCC[Si](C)(C)C1CC1(C)O. The first kappa shape index (κ1) is 22.4. The van der Waals surface area contributed by atoms with Gasteiger partial charge >= 0.3 is 0 Å². The molecule has 0 saturated heterocycles. The van der Waals surface area contributed by atoms with E-state index >= 15 is 0 Å². The molecule has 0 aromatic carbocycles. The van der Waals surface area contributed by atoms with Crippen LogP contribution < -0.4 is 0 Å². The average Bonchev–Trinajstić information content (AvgIpc) is 3.30. The predicted molar refractivity (Wildman–Crippen MR) is 112 cm³/mol. The van der Waals surface area contributed by atoms with Crippen molar-refractivity contribution in [3.8, 4) is 0 Å². The van der Waals surface area contributed by atoms with Crippen molar-refractivity contribution in [3.63, 3.8) is 0 Å². The van der Waals surface area contributed by atoms with E-state index in [0.29, 0.717) is 11.1 Å². The first-order chi connectivity index (χ1) is 10.8. The topological polar surface area (TPSA) is 40.5 Å². The van der Waals surface area contributed by atoms with Crippen molar-refractivity contribution in [1.82, 2.24) is 0 Å². The Kier molecular flexibility index (Phi) is 7.40. The summed E-state index contributed by atoms with van der Waals surface area (Å²) in [6, 6.07) is 2.79. The highest BCUT2D eigenvalue weighted by Gasteiger charge is 2.57. The maximum atomic E-state index is 9.76. The number of hydrogen-bond acceptors (Lipinski definition) is 2. The summed E-state index contributed by atoms with van der Waals surface area (Å²) in [5.74, 6) is 0. The summed E-state index contributed by atoms with van der Waals surface area (Å²) in [5, 5.41) is 19.5. The molecule has 4 unspecified atom stereocenters. The third-order valence-electron chi connectivity index (χ3n) is 6.65. The van der Waals surface area contributed by atoms with Crippen LogP contribution in [0.1, 0.15) is 66.2 Å². The summed E-state index contributed by atoms with van der Waals surface area (Å²) in [6.07, 6.45) is 7.43. The third kappa shape index (κ3) is 6.26. The van der Waals surface area contributed by atoms with Crippen LogP contribution in [0.15, 0.2) is 0 Å². The summed E-state index contributed by atoms with van der Waals surface area (Å²) in [6.45, 7) is 18.2. The maximum Gasteiger partial charge on any atom is 0.0626 e. The van der Waals surface area contributed by atoms with Gasteiger partial charge in [0.25, 0.3) is 0 Å². The van der Waals surface area contributed by atoms with Crippen molar-refractivity contribution in [1.29, 1.82) is 0 Å². The van der Waals surface area contributed by atoms with E-state index in [2.05, 4.69) is 40.0 Å². The van der Waals surface area contributed by atoms with Gasteiger partial charge in [0.2, 0.25) is 0 Å². The second-order valence-corrected chi connectivity index (χ2v) is 20.8. The molecule has 0 spiro atoms. The molecule has 0 aromatic rings. The van der Waals surface area contributed by atoms with Gasteiger partial charge in [0.05, 0.1) is 27.3 Å². The standard InChI is InChI=1S/2C10H22OSi/c2*1-5-6-7-12(3,4)9-8-10(9,2)11/h2*9,11H,5-8H2,1-4H3. The molecule has 0 heterocycles. The fraction of sp³-hybridized carbons (Fsp3) is 1.00. The molecular formula is C20H44O2Si2. The zero-order valence-corrected chi connectivity index (χ0v) is 19.7. The fourth-order valence-corrected chi connectivity index (χ4v) is 13.1. The number of hydrogen-bond donors (Lipinski definition) is 2. The Labute approximate surface area is 153 Å². The Morgan fingerprint density at radius 2 is 1.00 bits per heavy atom. The van der Waals surface area contributed by atoms with Crippen LogP contribution >= 0.6 is 0 Å². The van der Waals surface area contributed by atoms with E-state index in [1.807, 2.05) is 13.8 Å². The molecule has 24 heavy (non-hydrogen) atoms. The quantitative estimate of drug-likeness (QED) is 0.510. The lowest BCUT2D eigenvalue weighted by Crippen LogP contribution is -2.29. The van der Waals surface area contributed by atoms with Crippen molar-refractivity contribution in [2.45, 2.75) is 127 Å². The molecule has 2 aliphatic rings. The minimum Gasteiger partial charge on any atom is -0.390 e. The van der Waals surface area contributed by atoms with Crippen LogP contribution in [0, 0.1) is 0 Å². The Bertz CT molecular complexity index is 364. The summed E-state index contributed by atoms with van der Waals surface area (Å²) in [7, 11) is -2.15. The first-order valence-electron chi connectivity index (χ1n) is 10.2. The van der Waals surface area contributed by atoms with Crippen molar-refractivity contribution in [3.05, 3.63) is 0 Å². The fourth-order valence-electron chi connectivity index (χ4n) is 4.56. The first-order valence-corrected chi connectivity index (χ1v) is 16.8. The van der Waals surface area contributed by atoms with Crippen molar-refractivity contribution < 1.29 is 10.2 Å². The molecule has 2 fully saturated rings. The van der Waals surface area contributed by atoms with Crippen LogP contribution in [0.4, 0.5) is 0 Å². The van der Waals surface area contributed by atoms with Crippen molar-refractivity contribution >= 4 is 16.1 Å². The summed E-state index contributed by atoms with van der Waals surface area (Å²) in [5.41, 5.74) is 0.778. The largest absolute Gasteiger partial charge is 0.390 e. The zero-order valence-electron chi connectivity index (χ0n) is 17.7. The molecule has 0 aromatic heterocycles. The van der Waals surface area contributed by atoms with Gasteiger partial charge in [0.15, 0.2) is 0 Å². The van der Waals surface area contributed by atoms with Crippen LogP contribution in [-0.2, 0) is 0 Å². The van der Waals surface area contributed by atoms with Gasteiger partial charge in [-0.3, -0.25) is 0 Å². The normalized spacial score (nSPS) is 35.2. The Hall–Kier alpha value is 0.354. The average molecular weight is 373 g/mol. The van der Waals surface area contributed by atoms with Gasteiger partial charge in [0, 0.05) is 0 Å².